The topological polar surface area (TPSA) is 49.3 Å². The van der Waals surface area contributed by atoms with E-state index in [2.05, 4.69) is 63.4 Å². The fraction of sp³-hybridized carbons (Fsp3) is 0.320. The predicted molar refractivity (Wildman–Crippen MR) is 118 cm³/mol. The highest BCUT2D eigenvalue weighted by atomic mass is 16.2. The van der Waals surface area contributed by atoms with Crippen LogP contribution in [0.2, 0.25) is 0 Å². The number of hydrogen-bond donors (Lipinski definition) is 0. The molecular formula is C25H26N4O. The molecule has 152 valence electrons. The van der Waals surface area contributed by atoms with Gasteiger partial charge in [-0.1, -0.05) is 48.5 Å². The number of amides is 1. The maximum absolute atomic E-state index is 13.1. The van der Waals surface area contributed by atoms with Gasteiger partial charge in [-0.2, -0.15) is 0 Å². The van der Waals surface area contributed by atoms with E-state index in [0.29, 0.717) is 11.6 Å². The van der Waals surface area contributed by atoms with Gasteiger partial charge in [0.1, 0.15) is 17.8 Å². The third-order valence-corrected chi connectivity index (χ3v) is 6.30. The number of aromatic nitrogens is 2. The highest BCUT2D eigenvalue weighted by Gasteiger charge is 2.26. The Morgan fingerprint density at radius 3 is 2.53 bits per heavy atom. The molecule has 1 saturated heterocycles. The Balaban J connectivity index is 1.25. The van der Waals surface area contributed by atoms with Gasteiger partial charge in [-0.15, -0.1) is 0 Å². The van der Waals surface area contributed by atoms with Crippen LogP contribution in [0.1, 0.15) is 34.5 Å². The molecule has 0 spiro atoms. The van der Waals surface area contributed by atoms with Crippen molar-refractivity contribution in [1.82, 2.24) is 14.9 Å². The molecule has 5 nitrogen and oxygen atoms in total. The zero-order valence-corrected chi connectivity index (χ0v) is 17.1. The number of carbonyl (C=O) groups excluding carboxylic acids is 1. The van der Waals surface area contributed by atoms with E-state index in [1.54, 1.807) is 0 Å². The van der Waals surface area contributed by atoms with E-state index in [1.165, 1.54) is 23.1 Å². The molecule has 3 heterocycles. The van der Waals surface area contributed by atoms with Crippen LogP contribution in [0.3, 0.4) is 0 Å². The van der Waals surface area contributed by atoms with Gasteiger partial charge in [0.05, 0.1) is 0 Å². The number of likely N-dealkylation sites (tertiary alicyclic amines) is 1. The first-order valence-electron chi connectivity index (χ1n) is 10.8. The van der Waals surface area contributed by atoms with Crippen molar-refractivity contribution in [3.8, 4) is 0 Å². The van der Waals surface area contributed by atoms with Crippen molar-refractivity contribution in [1.29, 1.82) is 0 Å². The Kier molecular flexibility index (Phi) is 5.18. The quantitative estimate of drug-likeness (QED) is 0.659. The Labute approximate surface area is 177 Å². The summed E-state index contributed by atoms with van der Waals surface area (Å²) in [5.74, 6) is 1.46. The lowest BCUT2D eigenvalue weighted by Gasteiger charge is -2.32. The average Bonchev–Trinajstić information content (AvgIpc) is 3.24. The van der Waals surface area contributed by atoms with E-state index >= 15 is 0 Å². The van der Waals surface area contributed by atoms with E-state index in [9.17, 15) is 4.79 Å². The largest absolute Gasteiger partial charge is 0.337 e. The molecule has 0 unspecified atom stereocenters. The van der Waals surface area contributed by atoms with E-state index in [-0.39, 0.29) is 5.91 Å². The van der Waals surface area contributed by atoms with Crippen LogP contribution >= 0.6 is 0 Å². The molecular weight excluding hydrogens is 372 g/mol. The SMILES string of the molecule is O=C(c1cc(N2CCc3ccccc32)ncn1)N1CCC(Cc2ccccc2)CC1. The molecule has 1 amide bonds. The second-order valence-corrected chi connectivity index (χ2v) is 8.22. The molecule has 0 bridgehead atoms. The van der Waals surface area contributed by atoms with Gasteiger partial charge in [0.25, 0.3) is 5.91 Å². The molecule has 2 aliphatic heterocycles. The van der Waals surface area contributed by atoms with Crippen LogP contribution in [-0.2, 0) is 12.8 Å². The summed E-state index contributed by atoms with van der Waals surface area (Å²) in [5.41, 5.74) is 4.38. The molecule has 2 aliphatic rings. The minimum absolute atomic E-state index is 0.0179. The highest BCUT2D eigenvalue weighted by Crippen LogP contribution is 2.33. The Morgan fingerprint density at radius 2 is 1.70 bits per heavy atom. The number of hydrogen-bond acceptors (Lipinski definition) is 4. The molecule has 1 fully saturated rings. The van der Waals surface area contributed by atoms with E-state index in [4.69, 9.17) is 0 Å². The monoisotopic (exact) mass is 398 g/mol. The first kappa shape index (κ1) is 18.8. The van der Waals surface area contributed by atoms with Crippen molar-refractivity contribution < 1.29 is 4.79 Å². The van der Waals surface area contributed by atoms with Crippen LogP contribution in [-0.4, -0.2) is 40.4 Å². The van der Waals surface area contributed by atoms with Crippen LogP contribution in [0.25, 0.3) is 0 Å². The summed E-state index contributed by atoms with van der Waals surface area (Å²) in [6.07, 6.45) is 5.69. The van der Waals surface area contributed by atoms with Crippen molar-refractivity contribution in [2.75, 3.05) is 24.5 Å². The van der Waals surface area contributed by atoms with Crippen molar-refractivity contribution in [3.63, 3.8) is 0 Å². The second-order valence-electron chi connectivity index (χ2n) is 8.22. The van der Waals surface area contributed by atoms with Crippen molar-refractivity contribution in [2.45, 2.75) is 25.7 Å². The first-order valence-corrected chi connectivity index (χ1v) is 10.8. The molecule has 5 rings (SSSR count). The maximum atomic E-state index is 13.1. The van der Waals surface area contributed by atoms with Gasteiger partial charge in [0, 0.05) is 31.4 Å². The van der Waals surface area contributed by atoms with E-state index < -0.39 is 0 Å². The normalized spacial score (nSPS) is 16.5. The van der Waals surface area contributed by atoms with Gasteiger partial charge in [-0.3, -0.25) is 4.79 Å². The van der Waals surface area contributed by atoms with Gasteiger partial charge in [0.2, 0.25) is 0 Å². The Hall–Kier alpha value is -3.21. The van der Waals surface area contributed by atoms with Gasteiger partial charge in [-0.25, -0.2) is 9.97 Å². The van der Waals surface area contributed by atoms with Crippen molar-refractivity contribution >= 4 is 17.4 Å². The average molecular weight is 399 g/mol. The lowest BCUT2D eigenvalue weighted by molar-refractivity contribution is 0.0684. The summed E-state index contributed by atoms with van der Waals surface area (Å²) < 4.78 is 0. The standard InChI is InChI=1S/C25H26N4O/c30-25(28-13-10-20(11-14-28)16-19-6-2-1-3-7-19)22-17-24(27-18-26-22)29-15-12-21-8-4-5-9-23(21)29/h1-9,17-18,20H,10-16H2. The molecule has 5 heteroatoms. The van der Waals surface area contributed by atoms with Crippen LogP contribution in [0.4, 0.5) is 11.5 Å². The zero-order valence-electron chi connectivity index (χ0n) is 17.1. The Morgan fingerprint density at radius 1 is 0.933 bits per heavy atom. The van der Waals surface area contributed by atoms with Crippen molar-refractivity contribution in [3.05, 3.63) is 83.8 Å². The number of anilines is 2. The lowest BCUT2D eigenvalue weighted by atomic mass is 9.90. The molecule has 0 N–H and O–H groups in total. The first-order chi connectivity index (χ1) is 14.8. The fourth-order valence-corrected chi connectivity index (χ4v) is 4.64. The highest BCUT2D eigenvalue weighted by molar-refractivity contribution is 5.93. The number of benzene rings is 2. The molecule has 1 aromatic heterocycles. The molecule has 0 radical (unpaired) electrons. The van der Waals surface area contributed by atoms with Crippen LogP contribution in [0.5, 0.6) is 0 Å². The van der Waals surface area contributed by atoms with Crippen LogP contribution in [0, 0.1) is 5.92 Å². The number of fused-ring (bicyclic) bond motifs is 1. The number of para-hydroxylation sites is 1. The molecule has 3 aromatic rings. The van der Waals surface area contributed by atoms with Gasteiger partial charge in [0.15, 0.2) is 0 Å². The number of piperidine rings is 1. The predicted octanol–water partition coefficient (Wildman–Crippen LogP) is 4.27. The van der Waals surface area contributed by atoms with Crippen LogP contribution in [0.15, 0.2) is 67.0 Å². The van der Waals surface area contributed by atoms with E-state index in [0.717, 1.165) is 51.1 Å². The minimum Gasteiger partial charge on any atom is -0.337 e. The third kappa shape index (κ3) is 3.80. The number of nitrogens with zero attached hydrogens (tertiary/aromatic N) is 4. The lowest BCUT2D eigenvalue weighted by Crippen LogP contribution is -2.39. The smallest absolute Gasteiger partial charge is 0.272 e. The van der Waals surface area contributed by atoms with Gasteiger partial charge in [-0.05, 0) is 48.8 Å². The maximum Gasteiger partial charge on any atom is 0.272 e. The van der Waals surface area contributed by atoms with Crippen LogP contribution < -0.4 is 4.90 Å². The molecule has 0 aliphatic carbocycles. The molecule has 0 saturated carbocycles. The van der Waals surface area contributed by atoms with Gasteiger partial charge >= 0.3 is 0 Å². The summed E-state index contributed by atoms with van der Waals surface area (Å²) >= 11 is 0. The van der Waals surface area contributed by atoms with E-state index in [1.807, 2.05) is 17.0 Å². The van der Waals surface area contributed by atoms with Crippen molar-refractivity contribution in [2.24, 2.45) is 5.92 Å². The summed E-state index contributed by atoms with van der Waals surface area (Å²) in [6, 6.07) is 20.9. The summed E-state index contributed by atoms with van der Waals surface area (Å²) in [4.78, 5) is 26.0. The zero-order chi connectivity index (χ0) is 20.3. The molecule has 30 heavy (non-hydrogen) atoms. The Bertz CT molecular complexity index is 1030. The summed E-state index contributed by atoms with van der Waals surface area (Å²) in [5, 5.41) is 0. The number of carbonyl (C=O) groups is 1. The third-order valence-electron chi connectivity index (χ3n) is 6.30. The molecule has 0 atom stereocenters. The number of rotatable bonds is 4. The minimum atomic E-state index is 0.0179. The van der Waals surface area contributed by atoms with Gasteiger partial charge < -0.3 is 9.80 Å². The fourth-order valence-electron chi connectivity index (χ4n) is 4.64. The second kappa shape index (κ2) is 8.27. The summed E-state index contributed by atoms with van der Waals surface area (Å²) in [6.45, 7) is 2.47. The molecule has 2 aromatic carbocycles. The summed E-state index contributed by atoms with van der Waals surface area (Å²) in [7, 11) is 0.